The van der Waals surface area contributed by atoms with Crippen molar-refractivity contribution in [3.63, 3.8) is 0 Å². The highest BCUT2D eigenvalue weighted by Crippen LogP contribution is 2.22. The van der Waals surface area contributed by atoms with E-state index in [0.29, 0.717) is 19.7 Å². The molecule has 5 heteroatoms. The lowest BCUT2D eigenvalue weighted by atomic mass is 10.2. The minimum atomic E-state index is 0.0209. The van der Waals surface area contributed by atoms with Gasteiger partial charge < -0.3 is 15.0 Å². The van der Waals surface area contributed by atoms with E-state index in [0.717, 1.165) is 35.3 Å². The number of carbonyl (C=O) groups is 1. The zero-order chi connectivity index (χ0) is 18.9. The predicted octanol–water partition coefficient (Wildman–Crippen LogP) is 3.65. The van der Waals surface area contributed by atoms with Crippen LogP contribution < -0.4 is 15.0 Å². The Morgan fingerprint density at radius 3 is 2.70 bits per heavy atom. The third kappa shape index (κ3) is 5.20. The Kier molecular flexibility index (Phi) is 6.63. The van der Waals surface area contributed by atoms with Gasteiger partial charge >= 0.3 is 0 Å². The number of hydrogen-bond donors (Lipinski definition) is 1. The van der Waals surface area contributed by atoms with Crippen LogP contribution in [0.2, 0.25) is 0 Å². The van der Waals surface area contributed by atoms with Gasteiger partial charge in [0.15, 0.2) is 0 Å². The predicted molar refractivity (Wildman–Crippen MR) is 109 cm³/mol. The van der Waals surface area contributed by atoms with Crippen LogP contribution in [0.5, 0.6) is 5.75 Å². The standard InChI is InChI=1S/C22H25N3O2/c1-2-25(19-11-4-3-5-12-19)17-21(26)23-15-8-16-27-20-13-6-9-18-10-7-14-24-22(18)20/h3-7,9-14H,2,8,15-17H2,1H3,(H,23,26). The summed E-state index contributed by atoms with van der Waals surface area (Å²) < 4.78 is 5.85. The molecule has 0 bridgehead atoms. The molecule has 0 spiro atoms. The normalized spacial score (nSPS) is 10.6. The first kappa shape index (κ1) is 18.7. The second-order valence-corrected chi connectivity index (χ2v) is 6.23. The van der Waals surface area contributed by atoms with Gasteiger partial charge in [0.25, 0.3) is 0 Å². The molecule has 0 atom stereocenters. The van der Waals surface area contributed by atoms with Gasteiger partial charge in [0.1, 0.15) is 11.3 Å². The monoisotopic (exact) mass is 363 g/mol. The Balaban J connectivity index is 1.41. The molecule has 0 saturated carbocycles. The molecule has 140 valence electrons. The summed E-state index contributed by atoms with van der Waals surface area (Å²) in [5.74, 6) is 0.799. The molecule has 0 aliphatic heterocycles. The fourth-order valence-electron chi connectivity index (χ4n) is 2.93. The van der Waals surface area contributed by atoms with E-state index >= 15 is 0 Å². The van der Waals surface area contributed by atoms with Gasteiger partial charge in [-0.1, -0.05) is 36.4 Å². The summed E-state index contributed by atoms with van der Waals surface area (Å²) in [5.41, 5.74) is 1.92. The van der Waals surface area contributed by atoms with Crippen LogP contribution in [0.25, 0.3) is 10.9 Å². The van der Waals surface area contributed by atoms with E-state index in [9.17, 15) is 4.79 Å². The highest BCUT2D eigenvalue weighted by atomic mass is 16.5. The molecule has 1 amide bonds. The molecule has 2 aromatic carbocycles. The number of pyridine rings is 1. The summed E-state index contributed by atoms with van der Waals surface area (Å²) in [4.78, 5) is 18.6. The Hall–Kier alpha value is -3.08. The number of ether oxygens (including phenoxy) is 1. The number of fused-ring (bicyclic) bond motifs is 1. The first-order valence-electron chi connectivity index (χ1n) is 9.31. The maximum Gasteiger partial charge on any atom is 0.239 e. The molecule has 0 fully saturated rings. The highest BCUT2D eigenvalue weighted by Gasteiger charge is 2.09. The largest absolute Gasteiger partial charge is 0.491 e. The van der Waals surface area contributed by atoms with E-state index in [4.69, 9.17) is 4.74 Å². The number of nitrogens with zero attached hydrogens (tertiary/aromatic N) is 2. The van der Waals surface area contributed by atoms with Crippen LogP contribution >= 0.6 is 0 Å². The average Bonchev–Trinajstić information content (AvgIpc) is 2.72. The molecule has 3 rings (SSSR count). The van der Waals surface area contributed by atoms with Gasteiger partial charge in [-0.15, -0.1) is 0 Å². The highest BCUT2D eigenvalue weighted by molar-refractivity contribution is 5.84. The number of para-hydroxylation sites is 2. The fourth-order valence-corrected chi connectivity index (χ4v) is 2.93. The Morgan fingerprint density at radius 2 is 1.89 bits per heavy atom. The number of rotatable bonds is 9. The van der Waals surface area contributed by atoms with Gasteiger partial charge in [0.2, 0.25) is 5.91 Å². The van der Waals surface area contributed by atoms with Crippen LogP contribution in [0.1, 0.15) is 13.3 Å². The lowest BCUT2D eigenvalue weighted by Gasteiger charge is -2.22. The van der Waals surface area contributed by atoms with Crippen LogP contribution in [0.3, 0.4) is 0 Å². The maximum atomic E-state index is 12.2. The molecule has 0 aliphatic rings. The minimum absolute atomic E-state index is 0.0209. The van der Waals surface area contributed by atoms with Crippen molar-refractivity contribution < 1.29 is 9.53 Å². The smallest absolute Gasteiger partial charge is 0.239 e. The van der Waals surface area contributed by atoms with Crippen molar-refractivity contribution in [3.05, 3.63) is 66.9 Å². The van der Waals surface area contributed by atoms with Crippen LogP contribution in [0.15, 0.2) is 66.9 Å². The van der Waals surface area contributed by atoms with Crippen LogP contribution in [-0.2, 0) is 4.79 Å². The van der Waals surface area contributed by atoms with Gasteiger partial charge in [-0.3, -0.25) is 9.78 Å². The molecule has 0 unspecified atom stereocenters. The van der Waals surface area contributed by atoms with Crippen LogP contribution in [-0.4, -0.2) is 37.1 Å². The molecule has 1 N–H and O–H groups in total. The van der Waals surface area contributed by atoms with Gasteiger partial charge in [-0.2, -0.15) is 0 Å². The van der Waals surface area contributed by atoms with Crippen molar-refractivity contribution in [2.75, 3.05) is 31.1 Å². The lowest BCUT2D eigenvalue weighted by molar-refractivity contribution is -0.119. The second-order valence-electron chi connectivity index (χ2n) is 6.23. The minimum Gasteiger partial charge on any atom is -0.491 e. The van der Waals surface area contributed by atoms with E-state index in [-0.39, 0.29) is 5.91 Å². The van der Waals surface area contributed by atoms with E-state index in [1.165, 1.54) is 0 Å². The van der Waals surface area contributed by atoms with Gasteiger partial charge in [0, 0.05) is 30.4 Å². The fraction of sp³-hybridized carbons (Fsp3) is 0.273. The molecular weight excluding hydrogens is 338 g/mol. The van der Waals surface area contributed by atoms with E-state index in [2.05, 4.69) is 10.3 Å². The molecule has 5 nitrogen and oxygen atoms in total. The average molecular weight is 363 g/mol. The van der Waals surface area contributed by atoms with Crippen LogP contribution in [0, 0.1) is 0 Å². The molecular formula is C22H25N3O2. The van der Waals surface area contributed by atoms with Crippen molar-refractivity contribution in [2.45, 2.75) is 13.3 Å². The molecule has 0 radical (unpaired) electrons. The number of nitrogens with one attached hydrogen (secondary N) is 1. The Morgan fingerprint density at radius 1 is 1.07 bits per heavy atom. The lowest BCUT2D eigenvalue weighted by Crippen LogP contribution is -2.37. The first-order valence-corrected chi connectivity index (χ1v) is 9.31. The summed E-state index contributed by atoms with van der Waals surface area (Å²) in [7, 11) is 0. The summed E-state index contributed by atoms with van der Waals surface area (Å²) in [6, 6.07) is 19.8. The van der Waals surface area contributed by atoms with Crippen molar-refractivity contribution in [1.82, 2.24) is 10.3 Å². The molecule has 3 aromatic rings. The van der Waals surface area contributed by atoms with Crippen molar-refractivity contribution in [1.29, 1.82) is 0 Å². The van der Waals surface area contributed by atoms with Gasteiger partial charge in [-0.05, 0) is 37.6 Å². The topological polar surface area (TPSA) is 54.5 Å². The SMILES string of the molecule is CCN(CC(=O)NCCCOc1cccc2cccnc12)c1ccccc1. The summed E-state index contributed by atoms with van der Waals surface area (Å²) in [6.07, 6.45) is 2.51. The molecule has 1 aromatic heterocycles. The van der Waals surface area contributed by atoms with Crippen molar-refractivity contribution in [2.24, 2.45) is 0 Å². The van der Waals surface area contributed by atoms with E-state index in [1.807, 2.05) is 72.5 Å². The van der Waals surface area contributed by atoms with Crippen LogP contribution in [0.4, 0.5) is 5.69 Å². The second kappa shape index (κ2) is 9.57. The molecule has 1 heterocycles. The number of aromatic nitrogens is 1. The summed E-state index contributed by atoms with van der Waals surface area (Å²) >= 11 is 0. The van der Waals surface area contributed by atoms with Crippen molar-refractivity contribution >= 4 is 22.5 Å². The zero-order valence-electron chi connectivity index (χ0n) is 15.6. The number of likely N-dealkylation sites (N-methyl/N-ethyl adjacent to an activating group) is 1. The number of amides is 1. The van der Waals surface area contributed by atoms with Gasteiger partial charge in [0.05, 0.1) is 13.2 Å². The first-order chi connectivity index (χ1) is 13.3. The summed E-state index contributed by atoms with van der Waals surface area (Å²) in [5, 5.41) is 4.02. The maximum absolute atomic E-state index is 12.2. The van der Waals surface area contributed by atoms with Crippen molar-refractivity contribution in [3.8, 4) is 5.75 Å². The van der Waals surface area contributed by atoms with E-state index < -0.39 is 0 Å². The van der Waals surface area contributed by atoms with E-state index in [1.54, 1.807) is 6.20 Å². The Labute approximate surface area is 160 Å². The molecule has 0 saturated heterocycles. The Bertz CT molecular complexity index is 862. The molecule has 0 aliphatic carbocycles. The third-order valence-corrected chi connectivity index (χ3v) is 4.33. The number of anilines is 1. The number of carbonyl (C=O) groups excluding carboxylic acids is 1. The third-order valence-electron chi connectivity index (χ3n) is 4.33. The molecule has 27 heavy (non-hydrogen) atoms. The number of hydrogen-bond acceptors (Lipinski definition) is 4. The van der Waals surface area contributed by atoms with Gasteiger partial charge in [-0.25, -0.2) is 0 Å². The number of benzene rings is 2. The zero-order valence-corrected chi connectivity index (χ0v) is 15.6. The quantitative estimate of drug-likeness (QED) is 0.590. The summed E-state index contributed by atoms with van der Waals surface area (Å²) in [6.45, 7) is 4.31.